The topological polar surface area (TPSA) is 76.7 Å². The minimum atomic E-state index is -0.564. The zero-order chi connectivity index (χ0) is 19.1. The van der Waals surface area contributed by atoms with E-state index in [1.807, 2.05) is 6.92 Å². The van der Waals surface area contributed by atoms with E-state index in [1.165, 1.54) is 25.3 Å². The van der Waals surface area contributed by atoms with Crippen molar-refractivity contribution in [3.8, 4) is 5.75 Å². The number of methoxy groups -OCH3 is 1. The number of nitrogens with one attached hydrogen (secondary N) is 2. The molecule has 0 unspecified atom stereocenters. The van der Waals surface area contributed by atoms with Gasteiger partial charge < -0.3 is 20.1 Å². The smallest absolute Gasteiger partial charge is 0.343 e. The van der Waals surface area contributed by atoms with Gasteiger partial charge in [0.1, 0.15) is 11.6 Å². The molecule has 138 valence electrons. The summed E-state index contributed by atoms with van der Waals surface area (Å²) in [5.41, 5.74) is 1.54. The fraction of sp³-hybridized carbons (Fsp3) is 0.222. The molecule has 0 radical (unpaired) electrons. The summed E-state index contributed by atoms with van der Waals surface area (Å²) in [6.07, 6.45) is 0. The normalized spacial score (nSPS) is 10.2. The first-order chi connectivity index (χ1) is 12.4. The largest absolute Gasteiger partial charge is 0.482 e. The summed E-state index contributed by atoms with van der Waals surface area (Å²) in [7, 11) is 1.28. The average Bonchev–Trinajstić information content (AvgIpc) is 2.61. The van der Waals surface area contributed by atoms with Crippen LogP contribution in [-0.2, 0) is 14.3 Å². The Morgan fingerprint density at radius 2 is 1.92 bits per heavy atom. The molecule has 2 N–H and O–H groups in total. The third-order valence-electron chi connectivity index (χ3n) is 3.42. The third-order valence-corrected chi connectivity index (χ3v) is 3.66. The van der Waals surface area contributed by atoms with Crippen molar-refractivity contribution in [2.24, 2.45) is 0 Å². The minimum absolute atomic E-state index is 0.0209. The van der Waals surface area contributed by atoms with Crippen LogP contribution < -0.4 is 15.4 Å². The number of amides is 1. The van der Waals surface area contributed by atoms with E-state index < -0.39 is 17.7 Å². The first-order valence-corrected chi connectivity index (χ1v) is 8.06. The van der Waals surface area contributed by atoms with Gasteiger partial charge in [0.05, 0.1) is 19.3 Å². The van der Waals surface area contributed by atoms with Gasteiger partial charge in [0.25, 0.3) is 0 Å². The maximum Gasteiger partial charge on any atom is 0.343 e. The van der Waals surface area contributed by atoms with Crippen molar-refractivity contribution in [3.63, 3.8) is 0 Å². The molecule has 0 spiro atoms. The predicted octanol–water partition coefficient (Wildman–Crippen LogP) is 3.39. The Balaban J connectivity index is 1.91. The van der Waals surface area contributed by atoms with Crippen LogP contribution in [0.3, 0.4) is 0 Å². The highest BCUT2D eigenvalue weighted by molar-refractivity contribution is 6.30. The van der Waals surface area contributed by atoms with E-state index in [4.69, 9.17) is 16.3 Å². The summed E-state index contributed by atoms with van der Waals surface area (Å²) in [6.45, 7) is 1.58. The molecular formula is C18H18ClFN2O4. The van der Waals surface area contributed by atoms with Gasteiger partial charge in [-0.05, 0) is 48.9 Å². The predicted molar refractivity (Wildman–Crippen MR) is 97.2 cm³/mol. The number of aryl methyl sites for hydroxylation is 1. The van der Waals surface area contributed by atoms with Crippen molar-refractivity contribution in [1.29, 1.82) is 0 Å². The van der Waals surface area contributed by atoms with E-state index >= 15 is 0 Å². The first-order valence-electron chi connectivity index (χ1n) is 7.68. The van der Waals surface area contributed by atoms with Crippen LogP contribution in [-0.4, -0.2) is 32.1 Å². The number of anilines is 2. The molecule has 6 nitrogen and oxygen atoms in total. The summed E-state index contributed by atoms with van der Waals surface area (Å²) in [5, 5.41) is 5.74. The molecule has 2 rings (SSSR count). The molecule has 1 amide bonds. The Hall–Kier alpha value is -2.80. The quantitative estimate of drug-likeness (QED) is 0.720. The van der Waals surface area contributed by atoms with E-state index in [9.17, 15) is 14.0 Å². The standard InChI is InChI=1S/C18H18ClFN2O4/c1-11-7-13(26-10-18(24)25-2)4-6-15(11)21-9-17(23)22-16-8-12(19)3-5-14(16)20/h3-8,21H,9-10H2,1-2H3,(H,22,23). The van der Waals surface area contributed by atoms with Gasteiger partial charge in [-0.15, -0.1) is 0 Å². The van der Waals surface area contributed by atoms with Crippen LogP contribution in [0, 0.1) is 12.7 Å². The molecule has 0 heterocycles. The molecule has 0 aliphatic rings. The van der Waals surface area contributed by atoms with E-state index in [1.54, 1.807) is 18.2 Å². The summed E-state index contributed by atoms with van der Waals surface area (Å²) in [5.74, 6) is -0.957. The number of hydrogen-bond donors (Lipinski definition) is 2. The molecule has 0 aliphatic heterocycles. The average molecular weight is 381 g/mol. The van der Waals surface area contributed by atoms with Gasteiger partial charge in [-0.3, -0.25) is 4.79 Å². The van der Waals surface area contributed by atoms with Crippen molar-refractivity contribution in [2.45, 2.75) is 6.92 Å². The monoisotopic (exact) mass is 380 g/mol. The van der Waals surface area contributed by atoms with E-state index in [2.05, 4.69) is 15.4 Å². The lowest BCUT2D eigenvalue weighted by molar-refractivity contribution is -0.142. The highest BCUT2D eigenvalue weighted by Gasteiger charge is 2.09. The van der Waals surface area contributed by atoms with Crippen LogP contribution >= 0.6 is 11.6 Å². The van der Waals surface area contributed by atoms with E-state index in [0.717, 1.165) is 5.56 Å². The molecular weight excluding hydrogens is 363 g/mol. The molecule has 0 saturated heterocycles. The molecule has 8 heteroatoms. The zero-order valence-electron chi connectivity index (χ0n) is 14.3. The lowest BCUT2D eigenvalue weighted by Crippen LogP contribution is -2.22. The lowest BCUT2D eigenvalue weighted by Gasteiger charge is -2.12. The van der Waals surface area contributed by atoms with Crippen LogP contribution in [0.25, 0.3) is 0 Å². The van der Waals surface area contributed by atoms with Crippen molar-refractivity contribution in [1.82, 2.24) is 0 Å². The molecule has 0 saturated carbocycles. The molecule has 26 heavy (non-hydrogen) atoms. The summed E-state index contributed by atoms with van der Waals surface area (Å²) in [4.78, 5) is 23.0. The SMILES string of the molecule is COC(=O)COc1ccc(NCC(=O)Nc2cc(Cl)ccc2F)c(C)c1. The summed E-state index contributed by atoms with van der Waals surface area (Å²) < 4.78 is 23.4. The zero-order valence-corrected chi connectivity index (χ0v) is 15.0. The molecule has 0 fully saturated rings. The molecule has 0 bridgehead atoms. The van der Waals surface area contributed by atoms with Gasteiger partial charge in [0.2, 0.25) is 5.91 Å². The van der Waals surface area contributed by atoms with Crippen molar-refractivity contribution in [3.05, 3.63) is 52.8 Å². The van der Waals surface area contributed by atoms with Crippen molar-refractivity contribution < 1.29 is 23.5 Å². The van der Waals surface area contributed by atoms with Crippen LogP contribution in [0.5, 0.6) is 5.75 Å². The molecule has 0 aliphatic carbocycles. The fourth-order valence-corrected chi connectivity index (χ4v) is 2.26. The number of carbonyl (C=O) groups excluding carboxylic acids is 2. The molecule has 2 aromatic carbocycles. The van der Waals surface area contributed by atoms with Crippen LogP contribution in [0.15, 0.2) is 36.4 Å². The Labute approximate surface area is 155 Å². The van der Waals surface area contributed by atoms with Gasteiger partial charge in [0, 0.05) is 10.7 Å². The summed E-state index contributed by atoms with van der Waals surface area (Å²) in [6, 6.07) is 9.02. The Kier molecular flexibility index (Phi) is 6.80. The maximum atomic E-state index is 13.6. The second kappa shape index (κ2) is 9.05. The van der Waals surface area contributed by atoms with Crippen molar-refractivity contribution in [2.75, 3.05) is 30.9 Å². The minimum Gasteiger partial charge on any atom is -0.482 e. The highest BCUT2D eigenvalue weighted by atomic mass is 35.5. The Bertz CT molecular complexity index is 814. The Morgan fingerprint density at radius 3 is 2.62 bits per heavy atom. The lowest BCUT2D eigenvalue weighted by atomic mass is 10.2. The number of esters is 1. The number of halogens is 2. The van der Waals surface area contributed by atoms with Crippen LogP contribution in [0.1, 0.15) is 5.56 Å². The van der Waals surface area contributed by atoms with Gasteiger partial charge in [-0.25, -0.2) is 9.18 Å². The second-order valence-electron chi connectivity index (χ2n) is 5.37. The highest BCUT2D eigenvalue weighted by Crippen LogP contribution is 2.22. The Morgan fingerprint density at radius 1 is 1.15 bits per heavy atom. The van der Waals surface area contributed by atoms with Gasteiger partial charge in [-0.2, -0.15) is 0 Å². The first kappa shape index (κ1) is 19.5. The number of hydrogen-bond acceptors (Lipinski definition) is 5. The second-order valence-corrected chi connectivity index (χ2v) is 5.80. The van der Waals surface area contributed by atoms with Crippen LogP contribution in [0.4, 0.5) is 15.8 Å². The number of ether oxygens (including phenoxy) is 2. The number of carbonyl (C=O) groups is 2. The molecule has 0 atom stereocenters. The van der Waals surface area contributed by atoms with Crippen LogP contribution in [0.2, 0.25) is 5.02 Å². The number of rotatable bonds is 7. The van der Waals surface area contributed by atoms with Gasteiger partial charge >= 0.3 is 5.97 Å². The maximum absolute atomic E-state index is 13.6. The number of benzene rings is 2. The summed E-state index contributed by atoms with van der Waals surface area (Å²) >= 11 is 5.79. The molecule has 2 aromatic rings. The van der Waals surface area contributed by atoms with Gasteiger partial charge in [0.15, 0.2) is 6.61 Å². The fourth-order valence-electron chi connectivity index (χ4n) is 2.09. The molecule has 0 aromatic heterocycles. The van der Waals surface area contributed by atoms with E-state index in [0.29, 0.717) is 16.5 Å². The third kappa shape index (κ3) is 5.63. The van der Waals surface area contributed by atoms with E-state index in [-0.39, 0.29) is 18.8 Å². The van der Waals surface area contributed by atoms with Crippen molar-refractivity contribution >= 4 is 34.9 Å². The van der Waals surface area contributed by atoms with Gasteiger partial charge in [-0.1, -0.05) is 11.6 Å².